The Hall–Kier alpha value is -3.02. The Bertz CT molecular complexity index is 880. The summed E-state index contributed by atoms with van der Waals surface area (Å²) in [6, 6.07) is 12.1. The lowest BCUT2D eigenvalue weighted by Gasteiger charge is -2.23. The van der Waals surface area contributed by atoms with Crippen LogP contribution in [0.4, 0.5) is 11.4 Å². The molecule has 1 aliphatic heterocycles. The summed E-state index contributed by atoms with van der Waals surface area (Å²) in [5, 5.41) is 11.0. The molecule has 0 saturated carbocycles. The van der Waals surface area contributed by atoms with Crippen LogP contribution in [-0.4, -0.2) is 30.1 Å². The summed E-state index contributed by atoms with van der Waals surface area (Å²) in [5.74, 6) is -0.133. The van der Waals surface area contributed by atoms with Gasteiger partial charge in [-0.3, -0.25) is 19.9 Å². The predicted octanol–water partition coefficient (Wildman–Crippen LogP) is 3.97. The highest BCUT2D eigenvalue weighted by Gasteiger charge is 2.23. The van der Waals surface area contributed by atoms with E-state index >= 15 is 0 Å². The summed E-state index contributed by atoms with van der Waals surface area (Å²) in [7, 11) is 0. The number of nitrogens with zero attached hydrogens (tertiary/aromatic N) is 3. The van der Waals surface area contributed by atoms with Gasteiger partial charge in [0.1, 0.15) is 0 Å². The lowest BCUT2D eigenvalue weighted by atomic mass is 9.86. The van der Waals surface area contributed by atoms with E-state index in [0.717, 1.165) is 5.56 Å². The van der Waals surface area contributed by atoms with E-state index in [1.54, 1.807) is 17.2 Å². The summed E-state index contributed by atoms with van der Waals surface area (Å²) in [4.78, 5) is 29.5. The van der Waals surface area contributed by atoms with Crippen molar-refractivity contribution in [2.24, 2.45) is 4.99 Å². The zero-order chi connectivity index (χ0) is 18.9. The monoisotopic (exact) mass is 351 g/mol. The summed E-state index contributed by atoms with van der Waals surface area (Å²) in [5.41, 5.74) is 2.97. The molecule has 0 bridgehead atoms. The maximum absolute atomic E-state index is 13.0. The molecule has 1 amide bonds. The van der Waals surface area contributed by atoms with Crippen molar-refractivity contribution in [3.8, 4) is 0 Å². The molecule has 1 heterocycles. The van der Waals surface area contributed by atoms with E-state index < -0.39 is 4.92 Å². The maximum Gasteiger partial charge on any atom is 0.270 e. The second-order valence-electron chi connectivity index (χ2n) is 7.32. The zero-order valence-electron chi connectivity index (χ0n) is 15.1. The molecular weight excluding hydrogens is 330 g/mol. The zero-order valence-corrected chi connectivity index (χ0v) is 15.1. The molecule has 2 aromatic rings. The highest BCUT2D eigenvalue weighted by Crippen LogP contribution is 2.28. The van der Waals surface area contributed by atoms with Crippen molar-refractivity contribution in [3.05, 3.63) is 69.3 Å². The minimum Gasteiger partial charge on any atom is -0.306 e. The molecule has 0 unspecified atom stereocenters. The third-order valence-corrected chi connectivity index (χ3v) is 4.44. The lowest BCUT2D eigenvalue weighted by Crippen LogP contribution is -2.33. The van der Waals surface area contributed by atoms with Gasteiger partial charge in [0.15, 0.2) is 0 Å². The Kier molecular flexibility index (Phi) is 4.59. The lowest BCUT2D eigenvalue weighted by molar-refractivity contribution is -0.384. The van der Waals surface area contributed by atoms with Crippen molar-refractivity contribution in [3.63, 3.8) is 0 Å². The number of nitro groups is 1. The number of fused-ring (bicyclic) bond motifs is 1. The van der Waals surface area contributed by atoms with Crippen molar-refractivity contribution in [1.82, 2.24) is 0 Å². The second kappa shape index (κ2) is 6.71. The number of non-ortho nitro benzene ring substituents is 1. The molecule has 2 aromatic carbocycles. The fraction of sp³-hybridized carbons (Fsp3) is 0.300. The molecule has 0 atom stereocenters. The normalized spacial score (nSPS) is 13.9. The van der Waals surface area contributed by atoms with E-state index in [1.165, 1.54) is 12.1 Å². The molecule has 0 fully saturated rings. The van der Waals surface area contributed by atoms with Gasteiger partial charge in [-0.15, -0.1) is 0 Å². The van der Waals surface area contributed by atoms with Gasteiger partial charge < -0.3 is 4.90 Å². The van der Waals surface area contributed by atoms with Crippen LogP contribution in [0.25, 0.3) is 0 Å². The average molecular weight is 351 g/mol. The first-order valence-corrected chi connectivity index (χ1v) is 8.48. The van der Waals surface area contributed by atoms with Gasteiger partial charge in [-0.2, -0.15) is 0 Å². The van der Waals surface area contributed by atoms with Crippen LogP contribution in [-0.2, 0) is 5.41 Å². The van der Waals surface area contributed by atoms with Gasteiger partial charge in [0.25, 0.3) is 11.6 Å². The first-order valence-electron chi connectivity index (χ1n) is 8.48. The molecular formula is C20H21N3O3. The van der Waals surface area contributed by atoms with Crippen LogP contribution in [0.5, 0.6) is 0 Å². The van der Waals surface area contributed by atoms with Crippen LogP contribution in [0, 0.1) is 10.1 Å². The fourth-order valence-corrected chi connectivity index (χ4v) is 2.93. The molecule has 3 rings (SSSR count). The topological polar surface area (TPSA) is 75.8 Å². The van der Waals surface area contributed by atoms with Gasteiger partial charge >= 0.3 is 0 Å². The third-order valence-electron chi connectivity index (χ3n) is 4.44. The molecule has 1 aliphatic rings. The summed E-state index contributed by atoms with van der Waals surface area (Å²) in [6.07, 6.45) is 1.60. The SMILES string of the molecule is CC(C)(C)c1ccc(C(=O)N2CCN=Cc3cc([N+](=O)[O-])ccc32)cc1. The number of carbonyl (C=O) groups excluding carboxylic acids is 1. The maximum atomic E-state index is 13.0. The van der Waals surface area contributed by atoms with Crippen molar-refractivity contribution >= 4 is 23.5 Å². The van der Waals surface area contributed by atoms with Crippen molar-refractivity contribution in [2.45, 2.75) is 26.2 Å². The smallest absolute Gasteiger partial charge is 0.270 e. The van der Waals surface area contributed by atoms with Gasteiger partial charge in [-0.05, 0) is 29.2 Å². The Morgan fingerprint density at radius 1 is 1.15 bits per heavy atom. The standard InChI is InChI=1S/C20H21N3O3/c1-20(2,3)16-6-4-14(5-7-16)19(24)22-11-10-21-13-15-12-17(23(25)26)8-9-18(15)22/h4-9,12-13H,10-11H2,1-3H3. The van der Waals surface area contributed by atoms with E-state index in [0.29, 0.717) is 29.9 Å². The fourth-order valence-electron chi connectivity index (χ4n) is 2.93. The Morgan fingerprint density at radius 2 is 1.85 bits per heavy atom. The number of carbonyl (C=O) groups is 1. The number of benzene rings is 2. The molecule has 0 saturated heterocycles. The van der Waals surface area contributed by atoms with Crippen LogP contribution < -0.4 is 4.90 Å². The third kappa shape index (κ3) is 3.49. The molecule has 134 valence electrons. The number of rotatable bonds is 2. The van der Waals surface area contributed by atoms with Crippen LogP contribution in [0.2, 0.25) is 0 Å². The van der Waals surface area contributed by atoms with Crippen LogP contribution >= 0.6 is 0 Å². The summed E-state index contributed by atoms with van der Waals surface area (Å²) >= 11 is 0. The van der Waals surface area contributed by atoms with Gasteiger partial charge in [0, 0.05) is 36.0 Å². The van der Waals surface area contributed by atoms with E-state index in [-0.39, 0.29) is 17.0 Å². The molecule has 0 spiro atoms. The number of aliphatic imine (C=N–C) groups is 1. The van der Waals surface area contributed by atoms with E-state index in [9.17, 15) is 14.9 Å². The second-order valence-corrected chi connectivity index (χ2v) is 7.32. The quantitative estimate of drug-likeness (QED) is 0.607. The number of hydrogen-bond acceptors (Lipinski definition) is 4. The highest BCUT2D eigenvalue weighted by molar-refractivity contribution is 6.09. The van der Waals surface area contributed by atoms with Crippen molar-refractivity contribution < 1.29 is 9.72 Å². The molecule has 0 radical (unpaired) electrons. The van der Waals surface area contributed by atoms with Gasteiger partial charge in [0.05, 0.1) is 17.2 Å². The summed E-state index contributed by atoms with van der Waals surface area (Å²) in [6.45, 7) is 7.26. The van der Waals surface area contributed by atoms with E-state index in [1.807, 2.05) is 24.3 Å². The predicted molar refractivity (Wildman–Crippen MR) is 102 cm³/mol. The number of hydrogen-bond donors (Lipinski definition) is 0. The number of benzodiazepines with no additional fused rings is 1. The highest BCUT2D eigenvalue weighted by atomic mass is 16.6. The molecule has 26 heavy (non-hydrogen) atoms. The minimum absolute atomic E-state index is 0.0148. The first kappa shape index (κ1) is 17.8. The van der Waals surface area contributed by atoms with Crippen molar-refractivity contribution in [1.29, 1.82) is 0 Å². The van der Waals surface area contributed by atoms with Gasteiger partial charge in [-0.25, -0.2) is 0 Å². The van der Waals surface area contributed by atoms with E-state index in [4.69, 9.17) is 0 Å². The Morgan fingerprint density at radius 3 is 2.46 bits per heavy atom. The number of amides is 1. The largest absolute Gasteiger partial charge is 0.306 e. The van der Waals surface area contributed by atoms with Gasteiger partial charge in [-0.1, -0.05) is 32.9 Å². The number of anilines is 1. The molecule has 0 aromatic heterocycles. The molecule has 6 nitrogen and oxygen atoms in total. The molecule has 0 N–H and O–H groups in total. The number of nitro benzene ring substituents is 1. The van der Waals surface area contributed by atoms with Crippen LogP contribution in [0.3, 0.4) is 0 Å². The minimum atomic E-state index is -0.448. The van der Waals surface area contributed by atoms with Crippen LogP contribution in [0.1, 0.15) is 42.3 Å². The molecule has 0 aliphatic carbocycles. The molecule has 6 heteroatoms. The Labute approximate surface area is 152 Å². The van der Waals surface area contributed by atoms with Gasteiger partial charge in [0.2, 0.25) is 0 Å². The van der Waals surface area contributed by atoms with E-state index in [2.05, 4.69) is 25.8 Å². The Balaban J connectivity index is 1.95. The van der Waals surface area contributed by atoms with Crippen molar-refractivity contribution in [2.75, 3.05) is 18.0 Å². The first-order chi connectivity index (χ1) is 12.3. The average Bonchev–Trinajstić information content (AvgIpc) is 2.82. The summed E-state index contributed by atoms with van der Waals surface area (Å²) < 4.78 is 0. The van der Waals surface area contributed by atoms with Crippen LogP contribution in [0.15, 0.2) is 47.5 Å².